The number of nitrogens with one attached hydrogen (secondary N) is 2. The van der Waals surface area contributed by atoms with Gasteiger partial charge in [0, 0.05) is 6.42 Å². The van der Waals surface area contributed by atoms with Crippen molar-refractivity contribution in [2.45, 2.75) is 25.8 Å². The topological polar surface area (TPSA) is 147 Å². The van der Waals surface area contributed by atoms with Gasteiger partial charge >= 0.3 is 11.9 Å². The van der Waals surface area contributed by atoms with E-state index < -0.39 is 23.9 Å². The molecule has 0 aliphatic rings. The van der Waals surface area contributed by atoms with Crippen LogP contribution in [0.5, 0.6) is 0 Å². The van der Waals surface area contributed by atoms with Gasteiger partial charge in [0.1, 0.15) is 6.04 Å². The SMILES string of the molecule is CCOC(=O)CC[C@H](NC(=O)c1nn[nH]n1)C(=O)O. The fourth-order valence-corrected chi connectivity index (χ4v) is 1.23. The number of rotatable bonds is 7. The van der Waals surface area contributed by atoms with Crippen LogP contribution in [0.25, 0.3) is 0 Å². The van der Waals surface area contributed by atoms with Crippen molar-refractivity contribution in [1.29, 1.82) is 0 Å². The third-order valence-corrected chi connectivity index (χ3v) is 2.09. The molecule has 1 amide bonds. The molecular formula is C9H13N5O5. The standard InChI is InChI=1S/C9H13N5O5/c1-2-19-6(15)4-3-5(9(17)18)10-8(16)7-11-13-14-12-7/h5H,2-4H2,1H3,(H,10,16)(H,17,18)(H,11,12,13,14)/t5-/m0/s1. The maximum absolute atomic E-state index is 11.5. The van der Waals surface area contributed by atoms with Crippen LogP contribution in [0, 0.1) is 0 Å². The van der Waals surface area contributed by atoms with Crippen molar-refractivity contribution in [2.24, 2.45) is 0 Å². The zero-order valence-electron chi connectivity index (χ0n) is 10.1. The van der Waals surface area contributed by atoms with Crippen molar-refractivity contribution in [3.8, 4) is 0 Å². The molecule has 0 bridgehead atoms. The van der Waals surface area contributed by atoms with Crippen LogP contribution < -0.4 is 5.32 Å². The molecule has 10 heteroatoms. The highest BCUT2D eigenvalue weighted by Gasteiger charge is 2.23. The molecule has 0 saturated carbocycles. The lowest BCUT2D eigenvalue weighted by Gasteiger charge is -2.12. The van der Waals surface area contributed by atoms with Gasteiger partial charge in [-0.2, -0.15) is 5.21 Å². The number of aliphatic carboxylic acids is 1. The van der Waals surface area contributed by atoms with Gasteiger partial charge in [0.05, 0.1) is 6.61 Å². The van der Waals surface area contributed by atoms with Crippen LogP contribution >= 0.6 is 0 Å². The summed E-state index contributed by atoms with van der Waals surface area (Å²) in [6.45, 7) is 1.86. The first-order valence-corrected chi connectivity index (χ1v) is 5.47. The van der Waals surface area contributed by atoms with Crippen LogP contribution in [0.15, 0.2) is 0 Å². The molecule has 0 aliphatic carbocycles. The van der Waals surface area contributed by atoms with E-state index in [1.54, 1.807) is 6.92 Å². The van der Waals surface area contributed by atoms with Crippen LogP contribution in [-0.2, 0) is 14.3 Å². The summed E-state index contributed by atoms with van der Waals surface area (Å²) in [4.78, 5) is 33.6. The molecule has 19 heavy (non-hydrogen) atoms. The number of aromatic amines is 1. The molecule has 0 aromatic carbocycles. The van der Waals surface area contributed by atoms with Crippen molar-refractivity contribution in [2.75, 3.05) is 6.61 Å². The molecule has 0 spiro atoms. The normalized spacial score (nSPS) is 11.6. The number of esters is 1. The Morgan fingerprint density at radius 2 is 2.21 bits per heavy atom. The lowest BCUT2D eigenvalue weighted by Crippen LogP contribution is -2.41. The Balaban J connectivity index is 2.51. The second-order valence-corrected chi connectivity index (χ2v) is 3.44. The third kappa shape index (κ3) is 4.69. The van der Waals surface area contributed by atoms with Crippen molar-refractivity contribution >= 4 is 17.8 Å². The summed E-state index contributed by atoms with van der Waals surface area (Å²) in [7, 11) is 0. The third-order valence-electron chi connectivity index (χ3n) is 2.09. The number of aromatic nitrogens is 4. The van der Waals surface area contributed by atoms with Gasteiger partial charge in [0.25, 0.3) is 11.7 Å². The first-order chi connectivity index (χ1) is 9.04. The van der Waals surface area contributed by atoms with Crippen molar-refractivity contribution < 1.29 is 24.2 Å². The summed E-state index contributed by atoms with van der Waals surface area (Å²) in [5, 5.41) is 23.2. The maximum Gasteiger partial charge on any atom is 0.326 e. The number of hydrogen-bond donors (Lipinski definition) is 3. The van der Waals surface area contributed by atoms with Crippen LogP contribution in [-0.4, -0.2) is 56.2 Å². The van der Waals surface area contributed by atoms with Gasteiger partial charge < -0.3 is 15.2 Å². The van der Waals surface area contributed by atoms with E-state index in [9.17, 15) is 14.4 Å². The molecule has 10 nitrogen and oxygen atoms in total. The monoisotopic (exact) mass is 271 g/mol. The van der Waals surface area contributed by atoms with Crippen LogP contribution in [0.3, 0.4) is 0 Å². The highest BCUT2D eigenvalue weighted by atomic mass is 16.5. The van der Waals surface area contributed by atoms with Gasteiger partial charge in [-0.25, -0.2) is 4.79 Å². The van der Waals surface area contributed by atoms with E-state index in [-0.39, 0.29) is 25.3 Å². The van der Waals surface area contributed by atoms with Gasteiger partial charge in [0.15, 0.2) is 0 Å². The number of amides is 1. The molecule has 1 atom stereocenters. The van der Waals surface area contributed by atoms with Crippen molar-refractivity contribution in [3.63, 3.8) is 0 Å². The predicted octanol–water partition coefficient (Wildman–Crippen LogP) is -1.27. The number of carbonyl (C=O) groups is 3. The fourth-order valence-electron chi connectivity index (χ4n) is 1.23. The maximum atomic E-state index is 11.5. The molecular weight excluding hydrogens is 258 g/mol. The van der Waals surface area contributed by atoms with Crippen molar-refractivity contribution in [3.05, 3.63) is 5.82 Å². The number of carboxylic acids is 1. The predicted molar refractivity (Wildman–Crippen MR) is 58.9 cm³/mol. The summed E-state index contributed by atoms with van der Waals surface area (Å²) in [6.07, 6.45) is -0.199. The van der Waals surface area contributed by atoms with E-state index in [1.165, 1.54) is 0 Å². The minimum absolute atomic E-state index is 0.0856. The van der Waals surface area contributed by atoms with Gasteiger partial charge in [-0.3, -0.25) is 9.59 Å². The van der Waals surface area contributed by atoms with Crippen LogP contribution in [0.1, 0.15) is 30.4 Å². The number of carboxylic acid groups (broad SMARTS) is 1. The Labute approximate surface area is 107 Å². The lowest BCUT2D eigenvalue weighted by molar-refractivity contribution is -0.144. The second kappa shape index (κ2) is 7.03. The summed E-state index contributed by atoms with van der Waals surface area (Å²) < 4.78 is 4.66. The molecule has 104 valence electrons. The Morgan fingerprint density at radius 1 is 1.47 bits per heavy atom. The van der Waals surface area contributed by atoms with E-state index in [0.29, 0.717) is 0 Å². The van der Waals surface area contributed by atoms with E-state index >= 15 is 0 Å². The van der Waals surface area contributed by atoms with Crippen LogP contribution in [0.2, 0.25) is 0 Å². The molecule has 1 aromatic heterocycles. The fraction of sp³-hybridized carbons (Fsp3) is 0.556. The van der Waals surface area contributed by atoms with Gasteiger partial charge in [0.2, 0.25) is 0 Å². The number of tetrazole rings is 1. The van der Waals surface area contributed by atoms with E-state index in [0.717, 1.165) is 0 Å². The zero-order valence-corrected chi connectivity index (χ0v) is 10.1. The number of ether oxygens (including phenoxy) is 1. The second-order valence-electron chi connectivity index (χ2n) is 3.44. The highest BCUT2D eigenvalue weighted by molar-refractivity contribution is 5.93. The summed E-state index contributed by atoms with van der Waals surface area (Å²) in [6, 6.07) is -1.23. The van der Waals surface area contributed by atoms with Gasteiger partial charge in [-0.15, -0.1) is 10.2 Å². The molecule has 0 unspecified atom stereocenters. The minimum Gasteiger partial charge on any atom is -0.480 e. The Bertz CT molecular complexity index is 446. The molecule has 0 fully saturated rings. The van der Waals surface area contributed by atoms with Crippen molar-refractivity contribution in [1.82, 2.24) is 25.9 Å². The molecule has 1 rings (SSSR count). The molecule has 0 radical (unpaired) electrons. The first kappa shape index (κ1) is 14.5. The summed E-state index contributed by atoms with van der Waals surface area (Å²) >= 11 is 0. The Kier molecular flexibility index (Phi) is 5.38. The number of H-pyrrole nitrogens is 1. The number of nitrogens with zero attached hydrogens (tertiary/aromatic N) is 3. The minimum atomic E-state index is -1.26. The van der Waals surface area contributed by atoms with Crippen LogP contribution in [0.4, 0.5) is 0 Å². The Hall–Kier alpha value is -2.52. The molecule has 3 N–H and O–H groups in total. The largest absolute Gasteiger partial charge is 0.480 e. The number of hydrogen-bond acceptors (Lipinski definition) is 7. The lowest BCUT2D eigenvalue weighted by atomic mass is 10.1. The van der Waals surface area contributed by atoms with E-state index in [1.807, 2.05) is 0 Å². The quantitative estimate of drug-likeness (QED) is 0.520. The first-order valence-electron chi connectivity index (χ1n) is 5.47. The van der Waals surface area contributed by atoms with Gasteiger partial charge in [-0.1, -0.05) is 0 Å². The molecule has 0 aliphatic heterocycles. The number of carbonyl (C=O) groups excluding carboxylic acids is 2. The average Bonchev–Trinajstić information content (AvgIpc) is 2.88. The molecule has 1 aromatic rings. The summed E-state index contributed by atoms with van der Waals surface area (Å²) in [5.74, 6) is -2.85. The average molecular weight is 271 g/mol. The zero-order chi connectivity index (χ0) is 14.3. The van der Waals surface area contributed by atoms with E-state index in [2.05, 4.69) is 30.7 Å². The Morgan fingerprint density at radius 3 is 2.74 bits per heavy atom. The highest BCUT2D eigenvalue weighted by Crippen LogP contribution is 2.01. The van der Waals surface area contributed by atoms with E-state index in [4.69, 9.17) is 5.11 Å². The van der Waals surface area contributed by atoms with Gasteiger partial charge in [-0.05, 0) is 18.6 Å². The molecule has 0 saturated heterocycles. The molecule has 1 heterocycles. The summed E-state index contributed by atoms with van der Waals surface area (Å²) in [5.41, 5.74) is 0. The smallest absolute Gasteiger partial charge is 0.326 e.